The van der Waals surface area contributed by atoms with E-state index in [2.05, 4.69) is 14.8 Å². The van der Waals surface area contributed by atoms with E-state index in [9.17, 15) is 22.8 Å². The molecule has 8 nitrogen and oxygen atoms in total. The standard InChI is InChI=1S/C28H37F3N6O2/c29-28(30,31)23-10-11-33-25(21-23)36-17-19-37(20-18-36)26(38)5-3-1-2-4-12-34-13-15-35(16-14-34)24-8-6-22(7-9-24)27(32)39/h6-11,21H,1-5,12-20H2,(H2,32,39). The number of rotatable bonds is 10. The maximum atomic E-state index is 13.0. The monoisotopic (exact) mass is 546 g/mol. The number of aromatic nitrogens is 1. The molecule has 2 amide bonds. The Morgan fingerprint density at radius 1 is 0.821 bits per heavy atom. The lowest BCUT2D eigenvalue weighted by Crippen LogP contribution is -2.49. The molecule has 2 saturated heterocycles. The van der Waals surface area contributed by atoms with Crippen molar-refractivity contribution in [3.05, 3.63) is 53.7 Å². The van der Waals surface area contributed by atoms with Gasteiger partial charge in [0.25, 0.3) is 0 Å². The normalized spacial score (nSPS) is 16.9. The minimum absolute atomic E-state index is 0.117. The van der Waals surface area contributed by atoms with Crippen molar-refractivity contribution in [3.63, 3.8) is 0 Å². The molecule has 2 aliphatic rings. The molecular weight excluding hydrogens is 509 g/mol. The van der Waals surface area contributed by atoms with Crippen LogP contribution in [0.1, 0.15) is 48.0 Å². The van der Waals surface area contributed by atoms with Gasteiger partial charge in [0.1, 0.15) is 5.82 Å². The summed E-state index contributed by atoms with van der Waals surface area (Å²) < 4.78 is 38.9. The highest BCUT2D eigenvalue weighted by Gasteiger charge is 2.31. The Morgan fingerprint density at radius 2 is 1.46 bits per heavy atom. The number of anilines is 2. The van der Waals surface area contributed by atoms with Crippen LogP contribution in [0.3, 0.4) is 0 Å². The third-order valence-electron chi connectivity index (χ3n) is 7.53. The summed E-state index contributed by atoms with van der Waals surface area (Å²) in [7, 11) is 0. The molecule has 2 aliphatic heterocycles. The quantitative estimate of drug-likeness (QED) is 0.459. The number of alkyl halides is 3. The molecule has 0 atom stereocenters. The highest BCUT2D eigenvalue weighted by Crippen LogP contribution is 2.31. The first kappa shape index (κ1) is 28.7. The van der Waals surface area contributed by atoms with E-state index in [1.54, 1.807) is 17.0 Å². The van der Waals surface area contributed by atoms with Gasteiger partial charge in [-0.3, -0.25) is 14.5 Å². The summed E-state index contributed by atoms with van der Waals surface area (Å²) >= 11 is 0. The average molecular weight is 547 g/mol. The molecule has 1 aromatic carbocycles. The second-order valence-corrected chi connectivity index (χ2v) is 10.2. The molecule has 0 radical (unpaired) electrons. The summed E-state index contributed by atoms with van der Waals surface area (Å²) in [5, 5.41) is 0. The number of carbonyl (C=O) groups is 2. The van der Waals surface area contributed by atoms with Crippen LogP contribution in [0.4, 0.5) is 24.7 Å². The number of amides is 2. The van der Waals surface area contributed by atoms with Gasteiger partial charge in [0.05, 0.1) is 5.56 Å². The zero-order valence-corrected chi connectivity index (χ0v) is 22.2. The van der Waals surface area contributed by atoms with Crippen LogP contribution in [0.2, 0.25) is 0 Å². The van der Waals surface area contributed by atoms with Gasteiger partial charge in [-0.25, -0.2) is 4.98 Å². The van der Waals surface area contributed by atoms with E-state index < -0.39 is 17.6 Å². The third kappa shape index (κ3) is 8.08. The number of piperazine rings is 2. The predicted molar refractivity (Wildman–Crippen MR) is 145 cm³/mol. The van der Waals surface area contributed by atoms with Crippen molar-refractivity contribution in [2.24, 2.45) is 5.73 Å². The minimum Gasteiger partial charge on any atom is -0.369 e. The molecule has 1 aromatic heterocycles. The number of unbranched alkanes of at least 4 members (excludes halogenated alkanes) is 3. The Morgan fingerprint density at radius 3 is 2.10 bits per heavy atom. The van der Waals surface area contributed by atoms with Crippen molar-refractivity contribution in [1.29, 1.82) is 0 Å². The first-order valence-corrected chi connectivity index (χ1v) is 13.6. The van der Waals surface area contributed by atoms with Crippen LogP contribution >= 0.6 is 0 Å². The molecule has 11 heteroatoms. The number of nitrogens with zero attached hydrogens (tertiary/aromatic N) is 5. The Labute approximate surface area is 227 Å². The topological polar surface area (TPSA) is 86.0 Å². The lowest BCUT2D eigenvalue weighted by Gasteiger charge is -2.36. The summed E-state index contributed by atoms with van der Waals surface area (Å²) in [4.78, 5) is 36.4. The van der Waals surface area contributed by atoms with E-state index >= 15 is 0 Å². The van der Waals surface area contributed by atoms with Crippen LogP contribution in [0.25, 0.3) is 0 Å². The van der Waals surface area contributed by atoms with Crippen molar-refractivity contribution in [2.75, 3.05) is 68.7 Å². The maximum absolute atomic E-state index is 13.0. The zero-order valence-electron chi connectivity index (χ0n) is 22.2. The number of hydrogen-bond donors (Lipinski definition) is 1. The molecule has 0 unspecified atom stereocenters. The zero-order chi connectivity index (χ0) is 27.8. The molecule has 4 rings (SSSR count). The molecule has 2 N–H and O–H groups in total. The van der Waals surface area contributed by atoms with Crippen molar-refractivity contribution in [3.8, 4) is 0 Å². The highest BCUT2D eigenvalue weighted by atomic mass is 19.4. The fraction of sp³-hybridized carbons (Fsp3) is 0.536. The van der Waals surface area contributed by atoms with Crippen molar-refractivity contribution < 1.29 is 22.8 Å². The predicted octanol–water partition coefficient (Wildman–Crippen LogP) is 3.62. The molecule has 39 heavy (non-hydrogen) atoms. The van der Waals surface area contributed by atoms with Gasteiger partial charge in [-0.15, -0.1) is 0 Å². The van der Waals surface area contributed by atoms with Gasteiger partial charge in [0.2, 0.25) is 11.8 Å². The highest BCUT2D eigenvalue weighted by molar-refractivity contribution is 5.93. The first-order valence-electron chi connectivity index (χ1n) is 13.6. The van der Waals surface area contributed by atoms with Crippen LogP contribution < -0.4 is 15.5 Å². The molecule has 2 fully saturated rings. The number of benzene rings is 1. The summed E-state index contributed by atoms with van der Waals surface area (Å²) in [6.45, 7) is 6.89. The van der Waals surface area contributed by atoms with Crippen LogP contribution in [0, 0.1) is 0 Å². The van der Waals surface area contributed by atoms with Gasteiger partial charge in [0.15, 0.2) is 0 Å². The van der Waals surface area contributed by atoms with Gasteiger partial charge in [-0.05, 0) is 55.8 Å². The summed E-state index contributed by atoms with van der Waals surface area (Å²) in [6, 6.07) is 9.48. The smallest absolute Gasteiger partial charge is 0.369 e. The van der Waals surface area contributed by atoms with Crippen LogP contribution in [0.5, 0.6) is 0 Å². The second-order valence-electron chi connectivity index (χ2n) is 10.2. The van der Waals surface area contributed by atoms with Crippen molar-refractivity contribution >= 4 is 23.3 Å². The third-order valence-corrected chi connectivity index (χ3v) is 7.53. The molecule has 3 heterocycles. The number of halogens is 3. The summed E-state index contributed by atoms with van der Waals surface area (Å²) in [6.07, 6.45) is 1.34. The van der Waals surface area contributed by atoms with E-state index in [1.165, 1.54) is 6.20 Å². The van der Waals surface area contributed by atoms with Crippen LogP contribution in [0.15, 0.2) is 42.6 Å². The molecule has 212 valence electrons. The molecule has 0 aliphatic carbocycles. The number of hydrogen-bond acceptors (Lipinski definition) is 6. The minimum atomic E-state index is -4.40. The van der Waals surface area contributed by atoms with E-state index in [0.717, 1.165) is 76.2 Å². The fourth-order valence-electron chi connectivity index (χ4n) is 5.14. The molecule has 0 saturated carbocycles. The van der Waals surface area contributed by atoms with Gasteiger partial charge in [-0.1, -0.05) is 12.8 Å². The number of carbonyl (C=O) groups excluding carboxylic acids is 2. The van der Waals surface area contributed by atoms with Gasteiger partial charge in [0, 0.05) is 76.2 Å². The van der Waals surface area contributed by atoms with Gasteiger partial charge < -0.3 is 20.4 Å². The summed E-state index contributed by atoms with van der Waals surface area (Å²) in [5.74, 6) is 0.00707. The van der Waals surface area contributed by atoms with E-state index in [4.69, 9.17) is 5.73 Å². The second kappa shape index (κ2) is 13.1. The van der Waals surface area contributed by atoms with Crippen molar-refractivity contribution in [2.45, 2.75) is 38.3 Å². The largest absolute Gasteiger partial charge is 0.416 e. The summed E-state index contributed by atoms with van der Waals surface area (Å²) in [5.41, 5.74) is 6.24. The van der Waals surface area contributed by atoms with Crippen LogP contribution in [-0.4, -0.2) is 85.5 Å². The number of nitrogens with two attached hydrogens (primary N) is 1. The lowest BCUT2D eigenvalue weighted by molar-refractivity contribution is -0.137. The SMILES string of the molecule is NC(=O)c1ccc(N2CCN(CCCCCCC(=O)N3CCN(c4cc(C(F)(F)F)ccn4)CC3)CC2)cc1. The number of pyridine rings is 1. The molecule has 0 spiro atoms. The van der Waals surface area contributed by atoms with E-state index in [0.29, 0.717) is 44.0 Å². The van der Waals surface area contributed by atoms with E-state index in [-0.39, 0.29) is 5.91 Å². The Kier molecular flexibility index (Phi) is 9.66. The Hall–Kier alpha value is -3.34. The number of primary amides is 1. The molecule has 2 aromatic rings. The maximum Gasteiger partial charge on any atom is 0.416 e. The first-order chi connectivity index (χ1) is 18.7. The lowest BCUT2D eigenvalue weighted by atomic mass is 10.1. The fourth-order valence-corrected chi connectivity index (χ4v) is 5.14. The molecule has 0 bridgehead atoms. The van der Waals surface area contributed by atoms with E-state index in [1.807, 2.05) is 17.0 Å². The van der Waals surface area contributed by atoms with Gasteiger partial charge >= 0.3 is 6.18 Å². The average Bonchev–Trinajstić information content (AvgIpc) is 2.95. The van der Waals surface area contributed by atoms with Crippen LogP contribution in [-0.2, 0) is 11.0 Å². The van der Waals surface area contributed by atoms with Gasteiger partial charge in [-0.2, -0.15) is 13.2 Å². The van der Waals surface area contributed by atoms with Crippen molar-refractivity contribution in [1.82, 2.24) is 14.8 Å². The Balaban J connectivity index is 1.06. The Bertz CT molecular complexity index is 1100. The molecular formula is C28H37F3N6O2.